The molecule has 5 heteroatoms. The number of esters is 1. The first-order chi connectivity index (χ1) is 12.1. The van der Waals surface area contributed by atoms with Crippen molar-refractivity contribution in [2.45, 2.75) is 39.2 Å². The van der Waals surface area contributed by atoms with Gasteiger partial charge in [-0.25, -0.2) is 0 Å². The maximum absolute atomic E-state index is 12.7. The predicted octanol–water partition coefficient (Wildman–Crippen LogP) is 4.68. The van der Waals surface area contributed by atoms with Gasteiger partial charge in [-0.2, -0.15) is 0 Å². The smallest absolute Gasteiger partial charge is 0.306 e. The summed E-state index contributed by atoms with van der Waals surface area (Å²) in [6.45, 7) is 3.50. The number of rotatable bonds is 7. The fourth-order valence-corrected chi connectivity index (χ4v) is 3.72. The molecule has 0 radical (unpaired) electrons. The van der Waals surface area contributed by atoms with Gasteiger partial charge in [0.1, 0.15) is 0 Å². The van der Waals surface area contributed by atoms with Crippen LogP contribution in [0.2, 0.25) is 0 Å². The Labute approximate surface area is 150 Å². The Morgan fingerprint density at radius 1 is 1.20 bits per heavy atom. The van der Waals surface area contributed by atoms with E-state index in [-0.39, 0.29) is 11.8 Å². The first-order valence-corrected chi connectivity index (χ1v) is 9.27. The molecular weight excluding hydrogens is 334 g/mol. The van der Waals surface area contributed by atoms with E-state index in [1.807, 2.05) is 42.6 Å². The first-order valence-electron chi connectivity index (χ1n) is 8.39. The molecule has 1 aromatic carbocycles. The second-order valence-electron chi connectivity index (χ2n) is 6.10. The van der Waals surface area contributed by atoms with Gasteiger partial charge in [-0.3, -0.25) is 9.59 Å². The Morgan fingerprint density at radius 2 is 2.00 bits per heavy atom. The van der Waals surface area contributed by atoms with Crippen LogP contribution in [0, 0.1) is 6.92 Å². The second-order valence-corrected chi connectivity index (χ2v) is 7.13. The average Bonchev–Trinajstić information content (AvgIpc) is 3.20. The molecule has 3 aromatic rings. The van der Waals surface area contributed by atoms with Crippen molar-refractivity contribution in [1.29, 1.82) is 0 Å². The van der Waals surface area contributed by atoms with E-state index in [2.05, 4.69) is 11.1 Å². The highest BCUT2D eigenvalue weighted by atomic mass is 32.1. The molecule has 0 unspecified atom stereocenters. The van der Waals surface area contributed by atoms with Crippen molar-refractivity contribution in [1.82, 2.24) is 4.98 Å². The summed E-state index contributed by atoms with van der Waals surface area (Å²) in [5.74, 6) is -0.489. The maximum Gasteiger partial charge on any atom is 0.306 e. The normalized spacial score (nSPS) is 12.2. The van der Waals surface area contributed by atoms with Crippen LogP contribution in [0.1, 0.15) is 40.7 Å². The van der Waals surface area contributed by atoms with Gasteiger partial charge in [0, 0.05) is 33.5 Å². The van der Waals surface area contributed by atoms with Crippen molar-refractivity contribution < 1.29 is 14.3 Å². The fourth-order valence-electron chi connectivity index (χ4n) is 2.97. The quantitative estimate of drug-likeness (QED) is 0.495. The lowest BCUT2D eigenvalue weighted by molar-refractivity contribution is -0.146. The number of nitrogens with one attached hydrogen (secondary N) is 1. The van der Waals surface area contributed by atoms with Gasteiger partial charge in [-0.05, 0) is 44.2 Å². The molecule has 0 fully saturated rings. The van der Waals surface area contributed by atoms with Crippen LogP contribution in [0.15, 0.2) is 41.8 Å². The molecule has 1 N–H and O–H groups in total. The molecule has 3 rings (SSSR count). The summed E-state index contributed by atoms with van der Waals surface area (Å²) in [6.07, 6.45) is 1.12. The highest BCUT2D eigenvalue weighted by Crippen LogP contribution is 2.24. The molecule has 0 saturated heterocycles. The van der Waals surface area contributed by atoms with Crippen LogP contribution in [-0.2, 0) is 16.0 Å². The maximum atomic E-state index is 12.7. The van der Waals surface area contributed by atoms with Crippen molar-refractivity contribution in [3.63, 3.8) is 0 Å². The minimum atomic E-state index is -0.785. The largest absolute Gasteiger partial charge is 0.454 e. The van der Waals surface area contributed by atoms with Gasteiger partial charge in [0.05, 0.1) is 0 Å². The Hall–Kier alpha value is -2.40. The number of carbonyl (C=O) groups is 2. The van der Waals surface area contributed by atoms with Crippen LogP contribution in [-0.4, -0.2) is 22.8 Å². The molecule has 0 aliphatic heterocycles. The Balaban J connectivity index is 1.60. The SMILES string of the molecule is Cc1[nH]c2ccccc2c1C(=O)[C@@H](C)OC(=O)CCCc1cccs1. The summed E-state index contributed by atoms with van der Waals surface area (Å²) < 4.78 is 5.36. The number of carbonyl (C=O) groups excluding carboxylic acids is 2. The van der Waals surface area contributed by atoms with Gasteiger partial charge in [-0.15, -0.1) is 11.3 Å². The average molecular weight is 355 g/mol. The predicted molar refractivity (Wildman–Crippen MR) is 100 cm³/mol. The van der Waals surface area contributed by atoms with Gasteiger partial charge in [-0.1, -0.05) is 24.3 Å². The highest BCUT2D eigenvalue weighted by Gasteiger charge is 2.24. The molecule has 130 valence electrons. The molecule has 4 nitrogen and oxygen atoms in total. The number of H-pyrrole nitrogens is 1. The third kappa shape index (κ3) is 3.99. The summed E-state index contributed by atoms with van der Waals surface area (Å²) in [4.78, 5) is 29.2. The number of hydrogen-bond acceptors (Lipinski definition) is 4. The molecule has 0 aliphatic rings. The summed E-state index contributed by atoms with van der Waals surface area (Å²) >= 11 is 1.68. The van der Waals surface area contributed by atoms with Gasteiger partial charge >= 0.3 is 5.97 Å². The third-order valence-corrected chi connectivity index (χ3v) is 5.14. The molecule has 0 saturated carbocycles. The Morgan fingerprint density at radius 3 is 2.76 bits per heavy atom. The van der Waals surface area contributed by atoms with E-state index < -0.39 is 6.10 Å². The molecular formula is C20H21NO3S. The number of Topliss-reactive ketones (excluding diaryl/α,β-unsaturated/α-hetero) is 1. The van der Waals surface area contributed by atoms with Gasteiger partial charge in [0.2, 0.25) is 5.78 Å². The van der Waals surface area contributed by atoms with Crippen molar-refractivity contribution in [2.75, 3.05) is 0 Å². The van der Waals surface area contributed by atoms with Crippen LogP contribution >= 0.6 is 11.3 Å². The lowest BCUT2D eigenvalue weighted by atomic mass is 10.0. The zero-order chi connectivity index (χ0) is 17.8. The summed E-state index contributed by atoms with van der Waals surface area (Å²) in [5, 5.41) is 2.89. The number of para-hydroxylation sites is 1. The number of thiophene rings is 1. The first kappa shape index (κ1) is 17.4. The molecule has 25 heavy (non-hydrogen) atoms. The number of aryl methyl sites for hydroxylation is 2. The van der Waals surface area contributed by atoms with E-state index in [1.165, 1.54) is 4.88 Å². The van der Waals surface area contributed by atoms with Crippen molar-refractivity contribution >= 4 is 34.0 Å². The van der Waals surface area contributed by atoms with E-state index in [0.29, 0.717) is 12.0 Å². The Kier molecular flexibility index (Phi) is 5.34. The Bertz CT molecular complexity index is 880. The van der Waals surface area contributed by atoms with E-state index >= 15 is 0 Å². The van der Waals surface area contributed by atoms with Gasteiger partial charge in [0.25, 0.3) is 0 Å². The molecule has 0 aliphatic carbocycles. The highest BCUT2D eigenvalue weighted by molar-refractivity contribution is 7.09. The lowest BCUT2D eigenvalue weighted by Crippen LogP contribution is -2.24. The van der Waals surface area contributed by atoms with E-state index in [9.17, 15) is 9.59 Å². The minimum absolute atomic E-state index is 0.165. The topological polar surface area (TPSA) is 59.2 Å². The number of ketones is 1. The summed E-state index contributed by atoms with van der Waals surface area (Å²) in [7, 11) is 0. The van der Waals surface area contributed by atoms with Crippen LogP contribution in [0.3, 0.4) is 0 Å². The lowest BCUT2D eigenvalue weighted by Gasteiger charge is -2.12. The van der Waals surface area contributed by atoms with E-state index in [0.717, 1.165) is 29.4 Å². The number of hydrogen-bond donors (Lipinski definition) is 1. The van der Waals surface area contributed by atoms with Crippen molar-refractivity contribution in [3.8, 4) is 0 Å². The van der Waals surface area contributed by atoms with E-state index in [1.54, 1.807) is 18.3 Å². The summed E-state index contributed by atoms with van der Waals surface area (Å²) in [6, 6.07) is 11.7. The number of aromatic nitrogens is 1. The van der Waals surface area contributed by atoms with Crippen LogP contribution < -0.4 is 0 Å². The van der Waals surface area contributed by atoms with E-state index in [4.69, 9.17) is 4.74 Å². The second kappa shape index (κ2) is 7.66. The van der Waals surface area contributed by atoms with Gasteiger partial charge in [0.15, 0.2) is 6.10 Å². The molecule has 0 amide bonds. The monoisotopic (exact) mass is 355 g/mol. The van der Waals surface area contributed by atoms with Crippen molar-refractivity contribution in [2.24, 2.45) is 0 Å². The van der Waals surface area contributed by atoms with Crippen molar-refractivity contribution in [3.05, 3.63) is 57.9 Å². The minimum Gasteiger partial charge on any atom is -0.454 e. The molecule has 0 spiro atoms. The number of aromatic amines is 1. The molecule has 1 atom stereocenters. The zero-order valence-corrected chi connectivity index (χ0v) is 15.2. The molecule has 2 aromatic heterocycles. The number of fused-ring (bicyclic) bond motifs is 1. The van der Waals surface area contributed by atoms with Crippen LogP contribution in [0.25, 0.3) is 10.9 Å². The third-order valence-electron chi connectivity index (χ3n) is 4.20. The standard InChI is InChI=1S/C20H21NO3S/c1-13-19(16-9-3-4-10-17(16)21-13)20(23)14(2)24-18(22)11-5-7-15-8-6-12-25-15/h3-4,6,8-10,12,14,21H,5,7,11H2,1-2H3/t14-/m1/s1. The fraction of sp³-hybridized carbons (Fsp3) is 0.300. The van der Waals surface area contributed by atoms with Crippen LogP contribution in [0.5, 0.6) is 0 Å². The molecule has 0 bridgehead atoms. The number of benzene rings is 1. The summed E-state index contributed by atoms with van der Waals surface area (Å²) in [5.41, 5.74) is 2.32. The van der Waals surface area contributed by atoms with Gasteiger partial charge < -0.3 is 9.72 Å². The zero-order valence-electron chi connectivity index (χ0n) is 14.4. The molecule has 2 heterocycles. The van der Waals surface area contributed by atoms with Crippen LogP contribution in [0.4, 0.5) is 0 Å². The number of ether oxygens (including phenoxy) is 1.